The number of nitrogens with one attached hydrogen (secondary N) is 1. The van der Waals surface area contributed by atoms with Crippen LogP contribution in [0.3, 0.4) is 0 Å². The van der Waals surface area contributed by atoms with Crippen molar-refractivity contribution in [2.75, 3.05) is 4.90 Å². The highest BCUT2D eigenvalue weighted by Gasteiger charge is 2.37. The number of carbonyl (C=O) groups is 2. The number of aromatic nitrogens is 3. The predicted octanol–water partition coefficient (Wildman–Crippen LogP) is 4.76. The van der Waals surface area contributed by atoms with Gasteiger partial charge in [-0.05, 0) is 62.7 Å². The molecular formula is C25H26ClN5O3. The van der Waals surface area contributed by atoms with Crippen LogP contribution < -0.4 is 10.2 Å². The lowest BCUT2D eigenvalue weighted by Gasteiger charge is -2.33. The molecule has 9 heteroatoms. The Hall–Kier alpha value is -3.65. The summed E-state index contributed by atoms with van der Waals surface area (Å²) >= 11 is 6.26. The second-order valence-corrected chi connectivity index (χ2v) is 9.06. The summed E-state index contributed by atoms with van der Waals surface area (Å²) in [4.78, 5) is 28.8. The van der Waals surface area contributed by atoms with Gasteiger partial charge in [-0.2, -0.15) is 0 Å². The maximum absolute atomic E-state index is 13.8. The summed E-state index contributed by atoms with van der Waals surface area (Å²) < 4.78 is 7.15. The van der Waals surface area contributed by atoms with E-state index in [4.69, 9.17) is 16.0 Å². The summed E-state index contributed by atoms with van der Waals surface area (Å²) in [6, 6.07) is 16.5. The van der Waals surface area contributed by atoms with Crippen LogP contribution in [0.2, 0.25) is 5.02 Å². The second kappa shape index (κ2) is 9.69. The average molecular weight is 480 g/mol. The van der Waals surface area contributed by atoms with E-state index in [2.05, 4.69) is 15.6 Å². The number of nitrogens with zero attached hydrogens (tertiary/aromatic N) is 4. The molecule has 0 saturated heterocycles. The fourth-order valence-electron chi connectivity index (χ4n) is 3.61. The molecule has 0 aliphatic rings. The fraction of sp³-hybridized carbons (Fsp3) is 0.280. The van der Waals surface area contributed by atoms with Gasteiger partial charge in [-0.25, -0.2) is 4.68 Å². The zero-order chi connectivity index (χ0) is 24.3. The Morgan fingerprint density at radius 2 is 1.94 bits per heavy atom. The van der Waals surface area contributed by atoms with Crippen molar-refractivity contribution in [3.8, 4) is 0 Å². The average Bonchev–Trinajstić information content (AvgIpc) is 3.47. The first-order chi connectivity index (χ1) is 16.3. The van der Waals surface area contributed by atoms with Crippen molar-refractivity contribution in [1.82, 2.24) is 20.3 Å². The summed E-state index contributed by atoms with van der Waals surface area (Å²) in [7, 11) is 0. The molecule has 0 fully saturated rings. The topological polar surface area (TPSA) is 93.3 Å². The Morgan fingerprint density at radius 1 is 1.15 bits per heavy atom. The van der Waals surface area contributed by atoms with Gasteiger partial charge in [0.2, 0.25) is 5.91 Å². The molecule has 8 nitrogen and oxygen atoms in total. The van der Waals surface area contributed by atoms with Gasteiger partial charge in [0, 0.05) is 16.2 Å². The normalized spacial score (nSPS) is 12.5. The molecule has 4 aromatic rings. The van der Waals surface area contributed by atoms with E-state index in [-0.39, 0.29) is 18.4 Å². The predicted molar refractivity (Wildman–Crippen MR) is 130 cm³/mol. The molecule has 0 radical (unpaired) electrons. The van der Waals surface area contributed by atoms with Crippen LogP contribution in [0.25, 0.3) is 11.0 Å². The van der Waals surface area contributed by atoms with Crippen LogP contribution in [0.15, 0.2) is 71.3 Å². The fourth-order valence-corrected chi connectivity index (χ4v) is 3.80. The van der Waals surface area contributed by atoms with Gasteiger partial charge in [0.15, 0.2) is 6.04 Å². The van der Waals surface area contributed by atoms with Gasteiger partial charge in [0.1, 0.15) is 17.8 Å². The van der Waals surface area contributed by atoms with E-state index in [1.807, 2.05) is 45.0 Å². The highest BCUT2D eigenvalue weighted by atomic mass is 35.5. The molecule has 0 spiro atoms. The van der Waals surface area contributed by atoms with Crippen molar-refractivity contribution in [2.24, 2.45) is 0 Å². The van der Waals surface area contributed by atoms with E-state index in [9.17, 15) is 9.59 Å². The quantitative estimate of drug-likeness (QED) is 0.393. The molecule has 1 atom stereocenters. The monoisotopic (exact) mass is 479 g/mol. The Balaban J connectivity index is 1.78. The number of carbonyl (C=O) groups excluding carboxylic acids is 2. The number of para-hydroxylation sites is 1. The van der Waals surface area contributed by atoms with Crippen molar-refractivity contribution >= 4 is 40.1 Å². The zero-order valence-electron chi connectivity index (χ0n) is 19.2. The lowest BCUT2D eigenvalue weighted by molar-refractivity contribution is -0.128. The standard InChI is InChI=1S/C25H26ClN5O3/c1-4-25(2,3)27-24(33)23(21-13-8-14-34-21)31(18-10-7-9-17(26)15-18)22(32)16-30-20-12-6-5-11-19(20)28-29-30/h5-15,23H,4,16H2,1-3H3,(H,27,33)/t23-/m0/s1. The maximum atomic E-state index is 13.8. The van der Waals surface area contributed by atoms with E-state index in [1.54, 1.807) is 36.4 Å². The Kier molecular flexibility index (Phi) is 6.70. The first-order valence-corrected chi connectivity index (χ1v) is 11.4. The molecule has 2 amide bonds. The first kappa shape index (κ1) is 23.5. The molecular weight excluding hydrogens is 454 g/mol. The van der Waals surface area contributed by atoms with E-state index in [0.717, 1.165) is 0 Å². The maximum Gasteiger partial charge on any atom is 0.251 e. The van der Waals surface area contributed by atoms with Gasteiger partial charge in [0.25, 0.3) is 5.91 Å². The third-order valence-electron chi connectivity index (χ3n) is 5.73. The lowest BCUT2D eigenvalue weighted by Crippen LogP contribution is -2.51. The first-order valence-electron chi connectivity index (χ1n) is 11.0. The molecule has 2 aromatic heterocycles. The van der Waals surface area contributed by atoms with Crippen molar-refractivity contribution in [2.45, 2.75) is 45.3 Å². The van der Waals surface area contributed by atoms with Crippen molar-refractivity contribution in [3.63, 3.8) is 0 Å². The smallest absolute Gasteiger partial charge is 0.251 e. The van der Waals surface area contributed by atoms with Crippen molar-refractivity contribution < 1.29 is 14.0 Å². The van der Waals surface area contributed by atoms with Crippen LogP contribution in [0.4, 0.5) is 5.69 Å². The molecule has 0 aliphatic heterocycles. The van der Waals surface area contributed by atoms with Crippen LogP contribution in [-0.4, -0.2) is 32.3 Å². The Morgan fingerprint density at radius 3 is 2.65 bits per heavy atom. The van der Waals surface area contributed by atoms with Gasteiger partial charge in [-0.1, -0.05) is 41.9 Å². The van der Waals surface area contributed by atoms with Crippen LogP contribution in [0.5, 0.6) is 0 Å². The highest BCUT2D eigenvalue weighted by Crippen LogP contribution is 2.31. The molecule has 34 heavy (non-hydrogen) atoms. The van der Waals surface area contributed by atoms with E-state index < -0.39 is 11.6 Å². The summed E-state index contributed by atoms with van der Waals surface area (Å²) in [6.07, 6.45) is 2.19. The van der Waals surface area contributed by atoms with E-state index >= 15 is 0 Å². The molecule has 0 unspecified atom stereocenters. The van der Waals surface area contributed by atoms with Gasteiger partial charge in [-0.15, -0.1) is 5.10 Å². The third-order valence-corrected chi connectivity index (χ3v) is 5.96. The van der Waals surface area contributed by atoms with E-state index in [0.29, 0.717) is 33.9 Å². The number of halogens is 1. The number of amides is 2. The third kappa shape index (κ3) is 4.97. The number of fused-ring (bicyclic) bond motifs is 1. The number of furan rings is 1. The minimum Gasteiger partial charge on any atom is -0.467 e. The molecule has 4 rings (SSSR count). The van der Waals surface area contributed by atoms with Gasteiger partial charge in [-0.3, -0.25) is 14.5 Å². The SMILES string of the molecule is CCC(C)(C)NC(=O)[C@H](c1ccco1)N(C(=O)Cn1nnc2ccccc21)c1cccc(Cl)c1. The molecule has 1 N–H and O–H groups in total. The molecule has 0 aliphatic carbocycles. The lowest BCUT2D eigenvalue weighted by atomic mass is 10.0. The largest absolute Gasteiger partial charge is 0.467 e. The summed E-state index contributed by atoms with van der Waals surface area (Å²) in [6.45, 7) is 5.71. The second-order valence-electron chi connectivity index (χ2n) is 8.62. The van der Waals surface area contributed by atoms with Crippen LogP contribution in [0.1, 0.15) is 39.0 Å². The van der Waals surface area contributed by atoms with E-state index in [1.165, 1.54) is 15.8 Å². The molecule has 0 saturated carbocycles. The van der Waals surface area contributed by atoms with Gasteiger partial charge in [0.05, 0.1) is 11.8 Å². The highest BCUT2D eigenvalue weighted by molar-refractivity contribution is 6.31. The van der Waals surface area contributed by atoms with Gasteiger partial charge < -0.3 is 9.73 Å². The number of anilines is 1. The number of hydrogen-bond donors (Lipinski definition) is 1. The summed E-state index contributed by atoms with van der Waals surface area (Å²) in [5.74, 6) is -0.400. The molecule has 176 valence electrons. The van der Waals surface area contributed by atoms with Crippen LogP contribution in [0, 0.1) is 0 Å². The summed E-state index contributed by atoms with van der Waals surface area (Å²) in [5.41, 5.74) is 1.38. The minimum absolute atomic E-state index is 0.130. The molecule has 2 aromatic carbocycles. The minimum atomic E-state index is -1.05. The number of hydrogen-bond acceptors (Lipinski definition) is 5. The number of rotatable bonds is 8. The van der Waals surface area contributed by atoms with Crippen molar-refractivity contribution in [1.29, 1.82) is 0 Å². The zero-order valence-corrected chi connectivity index (χ0v) is 20.0. The van der Waals surface area contributed by atoms with Crippen LogP contribution in [-0.2, 0) is 16.1 Å². The molecule has 2 heterocycles. The Bertz CT molecular complexity index is 1300. The molecule has 0 bridgehead atoms. The van der Waals surface area contributed by atoms with Gasteiger partial charge >= 0.3 is 0 Å². The Labute approximate surface area is 202 Å². The van der Waals surface area contributed by atoms with Crippen molar-refractivity contribution in [3.05, 3.63) is 77.7 Å². The van der Waals surface area contributed by atoms with Crippen LogP contribution >= 0.6 is 11.6 Å². The summed E-state index contributed by atoms with van der Waals surface area (Å²) in [5, 5.41) is 11.7. The number of benzene rings is 2.